The predicted octanol–water partition coefficient (Wildman–Crippen LogP) is 1.93. The first-order valence-corrected chi connectivity index (χ1v) is 7.35. The van der Waals surface area contributed by atoms with E-state index >= 15 is 0 Å². The summed E-state index contributed by atoms with van der Waals surface area (Å²) < 4.78 is 10.5. The van der Waals surface area contributed by atoms with E-state index in [0.717, 1.165) is 54.4 Å². The lowest BCUT2D eigenvalue weighted by Crippen LogP contribution is -2.16. The minimum Gasteiger partial charge on any atom is -0.497 e. The first-order valence-electron chi connectivity index (χ1n) is 7.35. The van der Waals surface area contributed by atoms with Gasteiger partial charge in [-0.3, -0.25) is 0 Å². The van der Waals surface area contributed by atoms with Crippen molar-refractivity contribution >= 4 is 11.5 Å². The maximum Gasteiger partial charge on any atom is 0.318 e. The summed E-state index contributed by atoms with van der Waals surface area (Å²) in [6, 6.07) is 8.18. The molecule has 0 fully saturated rings. The van der Waals surface area contributed by atoms with E-state index in [4.69, 9.17) is 9.47 Å². The molecule has 3 rings (SSSR count). The monoisotopic (exact) mass is 300 g/mol. The fraction of sp³-hybridized carbons (Fsp3) is 0.375. The molecule has 0 saturated carbocycles. The van der Waals surface area contributed by atoms with Crippen molar-refractivity contribution in [2.24, 2.45) is 0 Å². The van der Waals surface area contributed by atoms with E-state index in [1.165, 1.54) is 0 Å². The third-order valence-corrected chi connectivity index (χ3v) is 3.68. The zero-order chi connectivity index (χ0) is 15.4. The summed E-state index contributed by atoms with van der Waals surface area (Å²) in [6.45, 7) is 1.85. The Hall–Kier alpha value is -2.34. The highest BCUT2D eigenvalue weighted by Crippen LogP contribution is 2.26. The van der Waals surface area contributed by atoms with Crippen LogP contribution in [0.25, 0.3) is 0 Å². The third-order valence-electron chi connectivity index (χ3n) is 3.68. The second kappa shape index (κ2) is 6.62. The number of hydrogen-bond donors (Lipinski definition) is 2. The van der Waals surface area contributed by atoms with Gasteiger partial charge in [-0.1, -0.05) is 6.07 Å². The Balaban J connectivity index is 1.97. The summed E-state index contributed by atoms with van der Waals surface area (Å²) in [7, 11) is 3.25. The topological polar surface area (TPSA) is 68.3 Å². The van der Waals surface area contributed by atoms with Gasteiger partial charge in [-0.2, -0.15) is 9.97 Å². The van der Waals surface area contributed by atoms with Crippen molar-refractivity contribution in [3.05, 3.63) is 35.5 Å². The van der Waals surface area contributed by atoms with Crippen LogP contribution in [0.3, 0.4) is 0 Å². The number of methoxy groups -OCH3 is 2. The molecule has 2 N–H and O–H groups in total. The van der Waals surface area contributed by atoms with E-state index in [9.17, 15) is 0 Å². The largest absolute Gasteiger partial charge is 0.497 e. The molecule has 2 heterocycles. The Morgan fingerprint density at radius 3 is 2.77 bits per heavy atom. The Morgan fingerprint density at radius 1 is 1.09 bits per heavy atom. The normalized spacial score (nSPS) is 13.9. The Labute approximate surface area is 129 Å². The third kappa shape index (κ3) is 3.12. The van der Waals surface area contributed by atoms with E-state index in [-0.39, 0.29) is 0 Å². The Kier molecular flexibility index (Phi) is 4.39. The minimum absolute atomic E-state index is 0.394. The molecule has 6 heteroatoms. The predicted molar refractivity (Wildman–Crippen MR) is 85.1 cm³/mol. The molecule has 1 aliphatic rings. The highest BCUT2D eigenvalue weighted by atomic mass is 16.5. The second-order valence-corrected chi connectivity index (χ2v) is 5.09. The van der Waals surface area contributed by atoms with Gasteiger partial charge in [0, 0.05) is 30.3 Å². The summed E-state index contributed by atoms with van der Waals surface area (Å²) in [5.74, 6) is 1.61. The van der Waals surface area contributed by atoms with Crippen LogP contribution < -0.4 is 20.1 Å². The molecule has 6 nitrogen and oxygen atoms in total. The number of anilines is 2. The van der Waals surface area contributed by atoms with Gasteiger partial charge >= 0.3 is 6.01 Å². The molecule has 22 heavy (non-hydrogen) atoms. The number of aromatic nitrogens is 2. The van der Waals surface area contributed by atoms with Gasteiger partial charge < -0.3 is 20.1 Å². The molecule has 0 aliphatic carbocycles. The van der Waals surface area contributed by atoms with Gasteiger partial charge in [0.25, 0.3) is 0 Å². The number of fused-ring (bicyclic) bond motifs is 1. The van der Waals surface area contributed by atoms with Crippen LogP contribution in [0.4, 0.5) is 11.5 Å². The van der Waals surface area contributed by atoms with Crippen LogP contribution in [-0.2, 0) is 12.8 Å². The van der Waals surface area contributed by atoms with Gasteiger partial charge in [0.2, 0.25) is 0 Å². The van der Waals surface area contributed by atoms with Crippen LogP contribution in [0.15, 0.2) is 24.3 Å². The maximum absolute atomic E-state index is 5.26. The molecule has 0 bridgehead atoms. The smallest absolute Gasteiger partial charge is 0.318 e. The molecule has 0 saturated heterocycles. The maximum atomic E-state index is 5.26. The summed E-state index contributed by atoms with van der Waals surface area (Å²) in [5, 5.41) is 6.75. The molecule has 2 aromatic rings. The Morgan fingerprint density at radius 2 is 1.95 bits per heavy atom. The van der Waals surface area contributed by atoms with Crippen LogP contribution >= 0.6 is 0 Å². The number of ether oxygens (including phenoxy) is 2. The van der Waals surface area contributed by atoms with Crippen LogP contribution in [0.1, 0.15) is 11.3 Å². The van der Waals surface area contributed by atoms with E-state index in [2.05, 4.69) is 20.6 Å². The summed E-state index contributed by atoms with van der Waals surface area (Å²) in [6.07, 6.45) is 1.77. The molecular formula is C16H20N4O2. The second-order valence-electron chi connectivity index (χ2n) is 5.09. The van der Waals surface area contributed by atoms with Crippen molar-refractivity contribution < 1.29 is 9.47 Å². The van der Waals surface area contributed by atoms with Gasteiger partial charge in [0.1, 0.15) is 11.6 Å². The molecule has 0 amide bonds. The zero-order valence-corrected chi connectivity index (χ0v) is 12.8. The number of nitrogens with zero attached hydrogens (tertiary/aromatic N) is 2. The van der Waals surface area contributed by atoms with Crippen LogP contribution in [0, 0.1) is 0 Å². The van der Waals surface area contributed by atoms with Crippen molar-refractivity contribution in [2.45, 2.75) is 12.8 Å². The Bertz CT molecular complexity index is 661. The van der Waals surface area contributed by atoms with Gasteiger partial charge in [-0.15, -0.1) is 0 Å². The zero-order valence-electron chi connectivity index (χ0n) is 12.8. The molecule has 1 aromatic carbocycles. The number of rotatable bonds is 4. The lowest BCUT2D eigenvalue weighted by atomic mass is 10.1. The molecule has 0 atom stereocenters. The first-order chi connectivity index (χ1) is 10.8. The van der Waals surface area contributed by atoms with Crippen LogP contribution in [0.5, 0.6) is 11.8 Å². The van der Waals surface area contributed by atoms with Gasteiger partial charge in [-0.25, -0.2) is 0 Å². The lowest BCUT2D eigenvalue weighted by Gasteiger charge is -2.14. The van der Waals surface area contributed by atoms with Crippen molar-refractivity contribution in [1.29, 1.82) is 0 Å². The summed E-state index contributed by atoms with van der Waals surface area (Å²) in [4.78, 5) is 8.97. The van der Waals surface area contributed by atoms with Crippen LogP contribution in [0.2, 0.25) is 0 Å². The molecule has 116 valence electrons. The molecule has 0 spiro atoms. The molecular weight excluding hydrogens is 280 g/mol. The van der Waals surface area contributed by atoms with Gasteiger partial charge in [-0.05, 0) is 25.1 Å². The standard InChI is InChI=1S/C16H20N4O2/c1-21-12-5-3-4-11(10-12)18-15-13-6-8-17-9-7-14(13)19-16(20-15)22-2/h3-5,10,17H,6-9H2,1-2H3,(H,18,19,20). The molecule has 0 radical (unpaired) electrons. The van der Waals surface area contributed by atoms with Gasteiger partial charge in [0.15, 0.2) is 0 Å². The number of hydrogen-bond acceptors (Lipinski definition) is 6. The van der Waals surface area contributed by atoms with E-state index < -0.39 is 0 Å². The fourth-order valence-electron chi connectivity index (χ4n) is 2.55. The van der Waals surface area contributed by atoms with E-state index in [1.54, 1.807) is 14.2 Å². The van der Waals surface area contributed by atoms with Crippen LogP contribution in [-0.4, -0.2) is 37.3 Å². The number of benzene rings is 1. The average molecular weight is 300 g/mol. The quantitative estimate of drug-likeness (QED) is 0.899. The lowest BCUT2D eigenvalue weighted by molar-refractivity contribution is 0.378. The highest BCUT2D eigenvalue weighted by molar-refractivity contribution is 5.62. The minimum atomic E-state index is 0.394. The van der Waals surface area contributed by atoms with Crippen molar-refractivity contribution in [3.63, 3.8) is 0 Å². The van der Waals surface area contributed by atoms with Crippen molar-refractivity contribution in [2.75, 3.05) is 32.6 Å². The average Bonchev–Trinajstić information content (AvgIpc) is 2.80. The molecule has 0 unspecified atom stereocenters. The number of nitrogens with one attached hydrogen (secondary N) is 2. The van der Waals surface area contributed by atoms with Crippen molar-refractivity contribution in [3.8, 4) is 11.8 Å². The summed E-state index contributed by atoms with van der Waals surface area (Å²) in [5.41, 5.74) is 3.12. The highest BCUT2D eigenvalue weighted by Gasteiger charge is 2.17. The van der Waals surface area contributed by atoms with Gasteiger partial charge in [0.05, 0.1) is 19.9 Å². The first kappa shape index (κ1) is 14.6. The molecule has 1 aliphatic heterocycles. The molecule has 1 aromatic heterocycles. The fourth-order valence-corrected chi connectivity index (χ4v) is 2.55. The SMILES string of the molecule is COc1cccc(Nc2nc(OC)nc3c2CCNCC3)c1. The van der Waals surface area contributed by atoms with E-state index in [1.807, 2.05) is 24.3 Å². The summed E-state index contributed by atoms with van der Waals surface area (Å²) >= 11 is 0. The van der Waals surface area contributed by atoms with E-state index in [0.29, 0.717) is 6.01 Å². The van der Waals surface area contributed by atoms with Crippen molar-refractivity contribution in [1.82, 2.24) is 15.3 Å².